The molecule has 2 amide bonds. The van der Waals surface area contributed by atoms with E-state index in [1.54, 1.807) is 55.5 Å². The minimum atomic E-state index is -4.24. The Bertz CT molecular complexity index is 1660. The number of aryl methyl sites for hydroxylation is 1. The molecule has 4 aromatic rings. The van der Waals surface area contributed by atoms with Gasteiger partial charge in [-0.25, -0.2) is 12.8 Å². The van der Waals surface area contributed by atoms with Crippen molar-refractivity contribution in [3.8, 4) is 5.75 Å². The molecule has 4 aromatic carbocycles. The average molecular weight is 632 g/mol. The maximum absolute atomic E-state index is 14.4. The number of sulfonamides is 1. The van der Waals surface area contributed by atoms with Crippen LogP contribution in [0.5, 0.6) is 5.75 Å². The van der Waals surface area contributed by atoms with Crippen LogP contribution >= 0.6 is 0 Å². The first-order valence-electron chi connectivity index (χ1n) is 14.8. The molecular formula is C35H38FN3O5S. The number of nitrogens with zero attached hydrogens (tertiary/aromatic N) is 2. The topological polar surface area (TPSA) is 96.0 Å². The van der Waals surface area contributed by atoms with Crippen molar-refractivity contribution in [2.75, 3.05) is 24.0 Å². The summed E-state index contributed by atoms with van der Waals surface area (Å²) in [6, 6.07) is 26.8. The summed E-state index contributed by atoms with van der Waals surface area (Å²) in [5.74, 6) is -0.895. The Balaban J connectivity index is 1.77. The van der Waals surface area contributed by atoms with Gasteiger partial charge >= 0.3 is 0 Å². The third-order valence-corrected chi connectivity index (χ3v) is 9.00. The molecule has 8 nitrogen and oxygen atoms in total. The molecule has 1 N–H and O–H groups in total. The molecule has 0 heterocycles. The summed E-state index contributed by atoms with van der Waals surface area (Å²) in [4.78, 5) is 29.3. The number of ether oxygens (including phenoxy) is 1. The third-order valence-electron chi connectivity index (χ3n) is 7.21. The Morgan fingerprint density at radius 1 is 0.844 bits per heavy atom. The predicted molar refractivity (Wildman–Crippen MR) is 173 cm³/mol. The van der Waals surface area contributed by atoms with E-state index in [9.17, 15) is 22.4 Å². The van der Waals surface area contributed by atoms with Crippen LogP contribution in [0.2, 0.25) is 0 Å². The monoisotopic (exact) mass is 631 g/mol. The minimum Gasteiger partial charge on any atom is -0.494 e. The van der Waals surface area contributed by atoms with E-state index in [1.807, 2.05) is 44.2 Å². The Labute approximate surface area is 264 Å². The molecule has 0 bridgehead atoms. The van der Waals surface area contributed by atoms with Crippen LogP contribution in [0.3, 0.4) is 0 Å². The van der Waals surface area contributed by atoms with Gasteiger partial charge in [0.2, 0.25) is 11.8 Å². The maximum Gasteiger partial charge on any atom is 0.264 e. The van der Waals surface area contributed by atoms with Crippen LogP contribution in [0.25, 0.3) is 0 Å². The lowest BCUT2D eigenvalue weighted by Gasteiger charge is -2.34. The summed E-state index contributed by atoms with van der Waals surface area (Å²) >= 11 is 0. The van der Waals surface area contributed by atoms with Crippen LogP contribution in [-0.4, -0.2) is 50.9 Å². The summed E-state index contributed by atoms with van der Waals surface area (Å²) < 4.78 is 48.6. The lowest BCUT2D eigenvalue weighted by molar-refractivity contribution is -0.140. The third kappa shape index (κ3) is 8.69. The van der Waals surface area contributed by atoms with Gasteiger partial charge in [-0.3, -0.25) is 13.9 Å². The van der Waals surface area contributed by atoms with E-state index in [-0.39, 0.29) is 23.8 Å². The van der Waals surface area contributed by atoms with Crippen molar-refractivity contribution in [2.45, 2.75) is 44.7 Å². The van der Waals surface area contributed by atoms with E-state index in [0.717, 1.165) is 15.4 Å². The van der Waals surface area contributed by atoms with Crippen LogP contribution in [0.4, 0.5) is 10.1 Å². The molecule has 0 saturated carbocycles. The number of halogens is 1. The molecule has 1 atom stereocenters. The molecule has 236 valence electrons. The fraction of sp³-hybridized carbons (Fsp3) is 0.257. The van der Waals surface area contributed by atoms with Gasteiger partial charge in [-0.2, -0.15) is 0 Å². The van der Waals surface area contributed by atoms with E-state index in [0.29, 0.717) is 30.2 Å². The van der Waals surface area contributed by atoms with Crippen molar-refractivity contribution in [3.05, 3.63) is 126 Å². The summed E-state index contributed by atoms with van der Waals surface area (Å²) in [7, 11) is -4.24. The van der Waals surface area contributed by atoms with Crippen molar-refractivity contribution in [3.63, 3.8) is 0 Å². The number of benzene rings is 4. The van der Waals surface area contributed by atoms with E-state index >= 15 is 0 Å². The Hall–Kier alpha value is -4.70. The van der Waals surface area contributed by atoms with Crippen molar-refractivity contribution >= 4 is 27.5 Å². The molecule has 0 saturated heterocycles. The van der Waals surface area contributed by atoms with Crippen molar-refractivity contribution in [1.29, 1.82) is 0 Å². The first-order valence-corrected chi connectivity index (χ1v) is 16.2. The second-order valence-electron chi connectivity index (χ2n) is 10.5. The number of rotatable bonds is 14. The molecule has 0 aliphatic heterocycles. The van der Waals surface area contributed by atoms with E-state index in [2.05, 4.69) is 5.32 Å². The number of anilines is 1. The van der Waals surface area contributed by atoms with Crippen molar-refractivity contribution in [1.82, 2.24) is 10.2 Å². The van der Waals surface area contributed by atoms with Gasteiger partial charge in [-0.1, -0.05) is 60.2 Å². The van der Waals surface area contributed by atoms with Gasteiger partial charge in [0, 0.05) is 19.5 Å². The smallest absolute Gasteiger partial charge is 0.264 e. The molecule has 4 rings (SSSR count). The molecule has 45 heavy (non-hydrogen) atoms. The SMILES string of the molecule is CCNC(=O)[C@H](Cc1ccccc1)N(Cc1ccc(F)cc1)C(=O)CN(c1ccc(C)cc1)S(=O)(=O)c1ccc(OCC)cc1. The van der Waals surface area contributed by atoms with Gasteiger partial charge < -0.3 is 15.0 Å². The first kappa shape index (κ1) is 33.2. The first-order chi connectivity index (χ1) is 21.6. The Kier molecular flexibility index (Phi) is 11.3. The van der Waals surface area contributed by atoms with Gasteiger partial charge in [0.15, 0.2) is 0 Å². The lowest BCUT2D eigenvalue weighted by atomic mass is 10.0. The zero-order valence-corrected chi connectivity index (χ0v) is 26.5. The average Bonchev–Trinajstić information content (AvgIpc) is 3.04. The summed E-state index contributed by atoms with van der Waals surface area (Å²) in [6.07, 6.45) is 0.190. The molecule has 0 spiro atoms. The van der Waals surface area contributed by atoms with Gasteiger partial charge in [-0.15, -0.1) is 0 Å². The summed E-state index contributed by atoms with van der Waals surface area (Å²) in [6.45, 7) is 5.64. The van der Waals surface area contributed by atoms with Gasteiger partial charge in [0.25, 0.3) is 10.0 Å². The zero-order chi connectivity index (χ0) is 32.4. The number of hydrogen-bond donors (Lipinski definition) is 1. The second kappa shape index (κ2) is 15.3. The predicted octanol–water partition coefficient (Wildman–Crippen LogP) is 5.50. The highest BCUT2D eigenvalue weighted by Crippen LogP contribution is 2.27. The number of likely N-dealkylation sites (N-methyl/N-ethyl adjacent to an activating group) is 1. The summed E-state index contributed by atoms with van der Waals surface area (Å²) in [5.41, 5.74) is 2.62. The van der Waals surface area contributed by atoms with Crippen LogP contribution in [0, 0.1) is 12.7 Å². The summed E-state index contributed by atoms with van der Waals surface area (Å²) in [5, 5.41) is 2.82. The molecule has 0 fully saturated rings. The number of amides is 2. The van der Waals surface area contributed by atoms with Crippen molar-refractivity contribution < 1.29 is 27.1 Å². The van der Waals surface area contributed by atoms with E-state index in [4.69, 9.17) is 4.74 Å². The quantitative estimate of drug-likeness (QED) is 0.198. The number of carbonyl (C=O) groups is 2. The van der Waals surface area contributed by atoms with E-state index in [1.165, 1.54) is 29.2 Å². The number of carbonyl (C=O) groups excluding carboxylic acids is 2. The van der Waals surface area contributed by atoms with E-state index < -0.39 is 34.3 Å². The standard InChI is InChI=1S/C35H38FN3O5S/c1-4-37-35(41)33(23-27-9-7-6-8-10-27)38(24-28-13-15-29(36)16-14-28)34(40)25-39(30-17-11-26(3)12-18-30)45(42,43)32-21-19-31(20-22-32)44-5-2/h6-22,33H,4-5,23-25H2,1-3H3,(H,37,41)/t33-/m0/s1. The molecular weight excluding hydrogens is 593 g/mol. The molecule has 0 unspecified atom stereocenters. The molecule has 10 heteroatoms. The highest BCUT2D eigenvalue weighted by Gasteiger charge is 2.34. The Morgan fingerprint density at radius 2 is 1.49 bits per heavy atom. The van der Waals surface area contributed by atoms with Crippen LogP contribution < -0.4 is 14.4 Å². The van der Waals surface area contributed by atoms with Crippen LogP contribution in [-0.2, 0) is 32.6 Å². The highest BCUT2D eigenvalue weighted by atomic mass is 32.2. The molecule has 0 aliphatic carbocycles. The largest absolute Gasteiger partial charge is 0.494 e. The van der Waals surface area contributed by atoms with Crippen LogP contribution in [0.15, 0.2) is 108 Å². The molecule has 0 aromatic heterocycles. The van der Waals surface area contributed by atoms with Crippen molar-refractivity contribution in [2.24, 2.45) is 0 Å². The maximum atomic E-state index is 14.4. The normalized spacial score (nSPS) is 11.8. The molecule has 0 aliphatic rings. The highest BCUT2D eigenvalue weighted by molar-refractivity contribution is 7.92. The number of hydrogen-bond acceptors (Lipinski definition) is 5. The lowest BCUT2D eigenvalue weighted by Crippen LogP contribution is -2.53. The van der Waals surface area contributed by atoms with Gasteiger partial charge in [0.1, 0.15) is 24.2 Å². The molecule has 0 radical (unpaired) electrons. The number of nitrogens with one attached hydrogen (secondary N) is 1. The minimum absolute atomic E-state index is 0.0195. The Morgan fingerprint density at radius 3 is 2.09 bits per heavy atom. The fourth-order valence-electron chi connectivity index (χ4n) is 4.87. The van der Waals surface area contributed by atoms with Gasteiger partial charge in [0.05, 0.1) is 17.2 Å². The second-order valence-corrected chi connectivity index (χ2v) is 12.4. The van der Waals surface area contributed by atoms with Gasteiger partial charge in [-0.05, 0) is 80.4 Å². The fourth-order valence-corrected chi connectivity index (χ4v) is 6.29. The van der Waals surface area contributed by atoms with Crippen LogP contribution in [0.1, 0.15) is 30.5 Å². The zero-order valence-electron chi connectivity index (χ0n) is 25.6.